The van der Waals surface area contributed by atoms with Crippen molar-refractivity contribution in [1.82, 2.24) is 15.2 Å². The zero-order valence-electron chi connectivity index (χ0n) is 15.9. The number of carbonyl (C=O) groups is 2. The van der Waals surface area contributed by atoms with Crippen LogP contribution in [0.5, 0.6) is 0 Å². The molecule has 2 aromatic heterocycles. The fourth-order valence-electron chi connectivity index (χ4n) is 3.08. The lowest BCUT2D eigenvalue weighted by atomic mass is 10.0. The van der Waals surface area contributed by atoms with Crippen LogP contribution in [0, 0.1) is 20.8 Å². The molecule has 0 aliphatic rings. The lowest BCUT2D eigenvalue weighted by Gasteiger charge is -2.07. The predicted octanol–water partition coefficient (Wildman–Crippen LogP) is 4.56. The number of nitrogens with zero attached hydrogens (tertiary/aromatic N) is 2. The zero-order chi connectivity index (χ0) is 19.7. The van der Waals surface area contributed by atoms with Crippen LogP contribution in [-0.4, -0.2) is 32.0 Å². The minimum atomic E-state index is -0.438. The van der Waals surface area contributed by atoms with Gasteiger partial charge in [0.25, 0.3) is 5.22 Å². The minimum Gasteiger partial charge on any atom is -0.411 e. The first-order valence-electron chi connectivity index (χ1n) is 8.59. The van der Waals surface area contributed by atoms with Gasteiger partial charge in [-0.2, -0.15) is 0 Å². The van der Waals surface area contributed by atoms with Gasteiger partial charge in [0.05, 0.1) is 10.9 Å². The van der Waals surface area contributed by atoms with Crippen molar-refractivity contribution >= 4 is 23.3 Å². The number of ketones is 2. The molecule has 3 aromatic rings. The van der Waals surface area contributed by atoms with Gasteiger partial charge in [-0.05, 0) is 52.3 Å². The normalized spacial score (nSPS) is 12.2. The van der Waals surface area contributed by atoms with E-state index < -0.39 is 5.25 Å². The molecular formula is C20H21N3O3S. The molecule has 140 valence electrons. The zero-order valence-corrected chi connectivity index (χ0v) is 16.7. The van der Waals surface area contributed by atoms with Gasteiger partial charge in [0.15, 0.2) is 11.6 Å². The Kier molecular flexibility index (Phi) is 5.32. The average molecular weight is 383 g/mol. The molecule has 0 unspecified atom stereocenters. The van der Waals surface area contributed by atoms with Crippen molar-refractivity contribution in [2.45, 2.75) is 45.1 Å². The summed E-state index contributed by atoms with van der Waals surface area (Å²) in [6, 6.07) is 7.78. The Morgan fingerprint density at radius 1 is 1.19 bits per heavy atom. The third kappa shape index (κ3) is 3.88. The molecule has 0 fully saturated rings. The van der Waals surface area contributed by atoms with E-state index in [0.29, 0.717) is 33.6 Å². The van der Waals surface area contributed by atoms with E-state index in [0.717, 1.165) is 11.1 Å². The molecule has 2 heterocycles. The lowest BCUT2D eigenvalue weighted by molar-refractivity contribution is 0.0988. The first-order valence-corrected chi connectivity index (χ1v) is 9.47. The van der Waals surface area contributed by atoms with E-state index in [9.17, 15) is 9.59 Å². The number of aryl methyl sites for hydroxylation is 2. The van der Waals surface area contributed by atoms with Crippen LogP contribution in [-0.2, 0) is 0 Å². The largest absolute Gasteiger partial charge is 0.411 e. The number of aromatic amines is 1. The molecule has 0 bridgehead atoms. The maximum atomic E-state index is 12.8. The Balaban J connectivity index is 1.78. The smallest absolute Gasteiger partial charge is 0.277 e. The molecule has 0 spiro atoms. The number of nitrogens with one attached hydrogen (secondary N) is 1. The van der Waals surface area contributed by atoms with Crippen LogP contribution in [0.1, 0.15) is 51.5 Å². The number of hydrogen-bond donors (Lipinski definition) is 1. The number of thioether (sulfide) groups is 1. The molecule has 0 saturated carbocycles. The second-order valence-electron chi connectivity index (χ2n) is 6.55. The van der Waals surface area contributed by atoms with Crippen LogP contribution in [0.2, 0.25) is 0 Å². The summed E-state index contributed by atoms with van der Waals surface area (Å²) in [7, 11) is 0. The molecule has 6 nitrogen and oxygen atoms in total. The van der Waals surface area contributed by atoms with Crippen molar-refractivity contribution in [3.8, 4) is 11.5 Å². The van der Waals surface area contributed by atoms with Gasteiger partial charge in [-0.25, -0.2) is 0 Å². The standard InChI is InChI=1S/C20H21N3O3S/c1-10-7-6-8-15(9-10)19-22-23-20(26-19)27-14(5)18(25)17-11(2)16(13(4)24)12(3)21-17/h6-9,14,21H,1-5H3/t14-/m0/s1. The van der Waals surface area contributed by atoms with E-state index in [2.05, 4.69) is 15.2 Å². The minimum absolute atomic E-state index is 0.0553. The van der Waals surface area contributed by atoms with Gasteiger partial charge in [-0.1, -0.05) is 29.5 Å². The molecule has 0 amide bonds. The van der Waals surface area contributed by atoms with E-state index in [4.69, 9.17) is 4.42 Å². The molecule has 0 aliphatic carbocycles. The van der Waals surface area contributed by atoms with E-state index in [1.807, 2.05) is 31.2 Å². The average Bonchev–Trinajstić information content (AvgIpc) is 3.18. The Morgan fingerprint density at radius 3 is 2.56 bits per heavy atom. The highest BCUT2D eigenvalue weighted by Crippen LogP contribution is 2.29. The molecule has 27 heavy (non-hydrogen) atoms. The van der Waals surface area contributed by atoms with Gasteiger partial charge >= 0.3 is 0 Å². The second kappa shape index (κ2) is 7.52. The predicted molar refractivity (Wildman–Crippen MR) is 104 cm³/mol. The fourth-order valence-corrected chi connectivity index (χ4v) is 3.83. The molecule has 1 atom stereocenters. The van der Waals surface area contributed by atoms with Crippen molar-refractivity contribution < 1.29 is 14.0 Å². The van der Waals surface area contributed by atoms with Crippen LogP contribution in [0.4, 0.5) is 0 Å². The molecule has 0 aliphatic heterocycles. The van der Waals surface area contributed by atoms with Gasteiger partial charge in [-0.15, -0.1) is 10.2 Å². The topological polar surface area (TPSA) is 88.9 Å². The Morgan fingerprint density at radius 2 is 1.93 bits per heavy atom. The Labute approximate surface area is 161 Å². The first-order chi connectivity index (χ1) is 12.8. The third-order valence-corrected chi connectivity index (χ3v) is 5.29. The summed E-state index contributed by atoms with van der Waals surface area (Å²) >= 11 is 1.20. The highest BCUT2D eigenvalue weighted by atomic mass is 32.2. The number of Topliss-reactive ketones (excluding diaryl/α,β-unsaturated/α-hetero) is 2. The summed E-state index contributed by atoms with van der Waals surface area (Å²) in [5.74, 6) is 0.260. The number of H-pyrrole nitrogens is 1. The summed E-state index contributed by atoms with van der Waals surface area (Å²) in [5, 5.41) is 8.01. The Hall–Kier alpha value is -2.67. The summed E-state index contributed by atoms with van der Waals surface area (Å²) < 4.78 is 5.70. The molecule has 1 N–H and O–H groups in total. The quantitative estimate of drug-likeness (QED) is 0.496. The first kappa shape index (κ1) is 19.1. The van der Waals surface area contributed by atoms with Gasteiger partial charge in [0.2, 0.25) is 5.89 Å². The van der Waals surface area contributed by atoms with Crippen molar-refractivity contribution in [2.75, 3.05) is 0 Å². The van der Waals surface area contributed by atoms with Gasteiger partial charge in [0, 0.05) is 16.8 Å². The molecule has 7 heteroatoms. The van der Waals surface area contributed by atoms with Crippen LogP contribution < -0.4 is 0 Å². The van der Waals surface area contributed by atoms with Crippen LogP contribution in [0.15, 0.2) is 33.9 Å². The van der Waals surface area contributed by atoms with Crippen LogP contribution in [0.3, 0.4) is 0 Å². The highest BCUT2D eigenvalue weighted by molar-refractivity contribution is 8.00. The van der Waals surface area contributed by atoms with Crippen LogP contribution in [0.25, 0.3) is 11.5 Å². The molecule has 0 saturated heterocycles. The molecule has 3 rings (SSSR count). The SMILES string of the molecule is CC(=O)c1c(C)[nH]c(C(=O)[C@H](C)Sc2nnc(-c3cccc(C)c3)o2)c1C. The summed E-state index contributed by atoms with van der Waals surface area (Å²) in [6.07, 6.45) is 0. The lowest BCUT2D eigenvalue weighted by Crippen LogP contribution is -2.15. The number of carbonyl (C=O) groups excluding carboxylic acids is 2. The number of benzene rings is 1. The van der Waals surface area contributed by atoms with E-state index in [1.54, 1.807) is 20.8 Å². The van der Waals surface area contributed by atoms with Crippen molar-refractivity contribution in [3.05, 3.63) is 52.3 Å². The Bertz CT molecular complexity index is 1020. The maximum Gasteiger partial charge on any atom is 0.277 e. The molecule has 1 aromatic carbocycles. The van der Waals surface area contributed by atoms with Crippen molar-refractivity contribution in [1.29, 1.82) is 0 Å². The van der Waals surface area contributed by atoms with E-state index >= 15 is 0 Å². The van der Waals surface area contributed by atoms with E-state index in [1.165, 1.54) is 18.7 Å². The summed E-state index contributed by atoms with van der Waals surface area (Å²) in [6.45, 7) is 8.86. The van der Waals surface area contributed by atoms with Gasteiger partial charge < -0.3 is 9.40 Å². The molecular weight excluding hydrogens is 362 g/mol. The number of rotatable bonds is 6. The van der Waals surface area contributed by atoms with E-state index in [-0.39, 0.29) is 11.6 Å². The van der Waals surface area contributed by atoms with Crippen molar-refractivity contribution in [2.24, 2.45) is 0 Å². The number of hydrogen-bond acceptors (Lipinski definition) is 6. The van der Waals surface area contributed by atoms with Crippen molar-refractivity contribution in [3.63, 3.8) is 0 Å². The summed E-state index contributed by atoms with van der Waals surface area (Å²) in [4.78, 5) is 27.6. The third-order valence-electron chi connectivity index (χ3n) is 4.35. The second-order valence-corrected chi connectivity index (χ2v) is 7.84. The fraction of sp³-hybridized carbons (Fsp3) is 0.300. The van der Waals surface area contributed by atoms with Gasteiger partial charge in [-0.3, -0.25) is 9.59 Å². The molecule has 0 radical (unpaired) electrons. The number of aromatic nitrogens is 3. The monoisotopic (exact) mass is 383 g/mol. The van der Waals surface area contributed by atoms with Gasteiger partial charge in [0.1, 0.15) is 0 Å². The summed E-state index contributed by atoms with van der Waals surface area (Å²) in [5.41, 5.74) is 4.37. The highest BCUT2D eigenvalue weighted by Gasteiger charge is 2.25. The maximum absolute atomic E-state index is 12.8. The van der Waals surface area contributed by atoms with Crippen LogP contribution >= 0.6 is 11.8 Å².